The standard InChI is InChI=1S/C22H26N4O11/c1-9(27)33-8-14(34-10(2)28)17(35-11(3)29)18(36-12(4)30)15-13(7-23)19(24)37-21-16(15)20(31)25(5)22(32)26(21)6/h14-15,17-18H,8,24H2,1-6H3/t14-,15+,17+,18+/m0/s1. The zero-order chi connectivity index (χ0) is 28.2. The van der Waals surface area contributed by atoms with Crippen LogP contribution in [0.2, 0.25) is 0 Å². The number of rotatable bonds is 8. The molecule has 15 heteroatoms. The van der Waals surface area contributed by atoms with E-state index in [2.05, 4.69) is 0 Å². The van der Waals surface area contributed by atoms with Gasteiger partial charge in [0.15, 0.2) is 18.3 Å². The Balaban J connectivity index is 2.92. The van der Waals surface area contributed by atoms with Crippen molar-refractivity contribution in [3.63, 3.8) is 0 Å². The van der Waals surface area contributed by atoms with Gasteiger partial charge >= 0.3 is 29.6 Å². The Hall–Kier alpha value is -4.61. The number of carbonyl (C=O) groups is 4. The molecular formula is C22H26N4O11. The summed E-state index contributed by atoms with van der Waals surface area (Å²) in [5.74, 6) is -5.96. The van der Waals surface area contributed by atoms with E-state index < -0.39 is 77.4 Å². The van der Waals surface area contributed by atoms with Crippen molar-refractivity contribution in [2.45, 2.75) is 51.9 Å². The van der Waals surface area contributed by atoms with Crippen LogP contribution in [0.1, 0.15) is 39.2 Å². The smallest absolute Gasteiger partial charge is 0.333 e. The number of ether oxygens (including phenoxy) is 5. The molecule has 2 N–H and O–H groups in total. The molecule has 0 radical (unpaired) electrons. The van der Waals surface area contributed by atoms with E-state index >= 15 is 0 Å². The van der Waals surface area contributed by atoms with Crippen LogP contribution in [0.5, 0.6) is 5.88 Å². The number of nitrogens with two attached hydrogens (primary N) is 1. The van der Waals surface area contributed by atoms with Crippen LogP contribution < -0.4 is 21.7 Å². The van der Waals surface area contributed by atoms with Gasteiger partial charge in [0, 0.05) is 41.8 Å². The van der Waals surface area contributed by atoms with Gasteiger partial charge in [0.25, 0.3) is 5.56 Å². The van der Waals surface area contributed by atoms with Gasteiger partial charge < -0.3 is 29.4 Å². The third-order valence-corrected chi connectivity index (χ3v) is 5.25. The molecule has 4 atom stereocenters. The molecule has 0 bridgehead atoms. The summed E-state index contributed by atoms with van der Waals surface area (Å²) in [6.07, 6.45) is -5.03. The monoisotopic (exact) mass is 522 g/mol. The number of hydrogen-bond donors (Lipinski definition) is 1. The maximum absolute atomic E-state index is 13.3. The van der Waals surface area contributed by atoms with E-state index in [1.165, 1.54) is 14.1 Å². The molecule has 1 aliphatic rings. The van der Waals surface area contributed by atoms with E-state index in [0.29, 0.717) is 0 Å². The van der Waals surface area contributed by atoms with Crippen LogP contribution in [-0.2, 0) is 52.2 Å². The van der Waals surface area contributed by atoms with Crippen molar-refractivity contribution in [2.24, 2.45) is 19.8 Å². The van der Waals surface area contributed by atoms with Crippen LogP contribution >= 0.6 is 0 Å². The molecular weight excluding hydrogens is 496 g/mol. The highest BCUT2D eigenvalue weighted by atomic mass is 16.6. The van der Waals surface area contributed by atoms with E-state index in [9.17, 15) is 34.0 Å². The number of carbonyl (C=O) groups excluding carboxylic acids is 4. The Kier molecular flexibility index (Phi) is 8.83. The fraction of sp³-hybridized carbons (Fsp3) is 0.500. The van der Waals surface area contributed by atoms with Crippen molar-refractivity contribution in [1.82, 2.24) is 9.13 Å². The second-order valence-corrected chi connectivity index (χ2v) is 7.99. The summed E-state index contributed by atoms with van der Waals surface area (Å²) in [7, 11) is 2.44. The molecule has 0 saturated carbocycles. The van der Waals surface area contributed by atoms with E-state index in [0.717, 1.165) is 36.8 Å². The Labute approximate surface area is 209 Å². The molecule has 2 rings (SSSR count). The Bertz CT molecular complexity index is 1320. The van der Waals surface area contributed by atoms with Gasteiger partial charge in [-0.25, -0.2) is 4.79 Å². The molecule has 1 aliphatic heterocycles. The molecule has 1 aromatic rings. The third-order valence-electron chi connectivity index (χ3n) is 5.25. The van der Waals surface area contributed by atoms with Gasteiger partial charge in [-0.15, -0.1) is 0 Å². The fourth-order valence-corrected chi connectivity index (χ4v) is 3.82. The van der Waals surface area contributed by atoms with Gasteiger partial charge in [-0.1, -0.05) is 0 Å². The Morgan fingerprint density at radius 2 is 1.54 bits per heavy atom. The molecule has 37 heavy (non-hydrogen) atoms. The molecule has 0 aromatic carbocycles. The van der Waals surface area contributed by atoms with Crippen LogP contribution in [0.25, 0.3) is 0 Å². The number of fused-ring (bicyclic) bond motifs is 1. The summed E-state index contributed by atoms with van der Waals surface area (Å²) in [6, 6.07) is 1.79. The predicted molar refractivity (Wildman–Crippen MR) is 120 cm³/mol. The van der Waals surface area contributed by atoms with Gasteiger partial charge in [0.2, 0.25) is 11.8 Å². The molecule has 200 valence electrons. The highest BCUT2D eigenvalue weighted by Crippen LogP contribution is 2.40. The first-order valence-corrected chi connectivity index (χ1v) is 10.7. The molecule has 0 fully saturated rings. The first-order chi connectivity index (χ1) is 17.2. The zero-order valence-electron chi connectivity index (χ0n) is 20.9. The van der Waals surface area contributed by atoms with E-state index in [1.54, 1.807) is 6.07 Å². The second kappa shape index (κ2) is 11.4. The summed E-state index contributed by atoms with van der Waals surface area (Å²) in [6.45, 7) is 3.46. The largest absolute Gasteiger partial charge is 0.462 e. The average Bonchev–Trinajstić information content (AvgIpc) is 2.79. The minimum Gasteiger partial charge on any atom is -0.462 e. The van der Waals surface area contributed by atoms with Crippen LogP contribution in [-0.4, -0.2) is 57.9 Å². The molecule has 2 heterocycles. The molecule has 0 spiro atoms. The fourth-order valence-electron chi connectivity index (χ4n) is 3.82. The maximum atomic E-state index is 13.3. The van der Waals surface area contributed by atoms with Gasteiger partial charge in [-0.3, -0.25) is 33.1 Å². The Morgan fingerprint density at radius 1 is 0.973 bits per heavy atom. The summed E-state index contributed by atoms with van der Waals surface area (Å²) < 4.78 is 28.0. The first kappa shape index (κ1) is 28.6. The summed E-state index contributed by atoms with van der Waals surface area (Å²) in [5.41, 5.74) is 3.49. The summed E-state index contributed by atoms with van der Waals surface area (Å²) in [5, 5.41) is 9.90. The van der Waals surface area contributed by atoms with E-state index in [1.807, 2.05) is 0 Å². The van der Waals surface area contributed by atoms with Crippen molar-refractivity contribution in [3.8, 4) is 11.9 Å². The van der Waals surface area contributed by atoms with Crippen molar-refractivity contribution < 1.29 is 42.9 Å². The second-order valence-electron chi connectivity index (χ2n) is 7.99. The minimum absolute atomic E-state index is 0.326. The minimum atomic E-state index is -1.75. The number of hydrogen-bond acceptors (Lipinski definition) is 13. The van der Waals surface area contributed by atoms with Crippen molar-refractivity contribution in [1.29, 1.82) is 5.26 Å². The SMILES string of the molecule is CC(=O)OC[C@H](OC(C)=O)[C@@H](OC(C)=O)[C@H](OC(C)=O)[C@@H]1C(C#N)=C(N)Oc2c1c(=O)n(C)c(=O)n2C. The van der Waals surface area contributed by atoms with Crippen LogP contribution in [0, 0.1) is 11.3 Å². The molecule has 0 amide bonds. The van der Waals surface area contributed by atoms with E-state index in [4.69, 9.17) is 29.4 Å². The normalized spacial score (nSPS) is 16.7. The highest BCUT2D eigenvalue weighted by Gasteiger charge is 2.49. The van der Waals surface area contributed by atoms with Gasteiger partial charge in [0.05, 0.1) is 11.5 Å². The first-order valence-electron chi connectivity index (χ1n) is 10.7. The van der Waals surface area contributed by atoms with Crippen LogP contribution in [0.3, 0.4) is 0 Å². The quantitative estimate of drug-likeness (QED) is 0.308. The molecule has 0 aliphatic carbocycles. The lowest BCUT2D eigenvalue weighted by Crippen LogP contribution is -2.52. The van der Waals surface area contributed by atoms with Crippen LogP contribution in [0.4, 0.5) is 0 Å². The topological polar surface area (TPSA) is 208 Å². The molecule has 1 aromatic heterocycles. The van der Waals surface area contributed by atoms with Crippen LogP contribution in [0.15, 0.2) is 21.0 Å². The van der Waals surface area contributed by atoms with E-state index in [-0.39, 0.29) is 11.4 Å². The van der Waals surface area contributed by atoms with Crippen molar-refractivity contribution >= 4 is 23.9 Å². The van der Waals surface area contributed by atoms with Gasteiger partial charge in [-0.05, 0) is 0 Å². The number of esters is 4. The molecule has 0 unspecified atom stereocenters. The number of nitriles is 1. The zero-order valence-corrected chi connectivity index (χ0v) is 20.9. The average molecular weight is 522 g/mol. The number of aromatic nitrogens is 2. The maximum Gasteiger partial charge on any atom is 0.333 e. The van der Waals surface area contributed by atoms with Crippen molar-refractivity contribution in [2.75, 3.05) is 6.61 Å². The molecule has 15 nitrogen and oxygen atoms in total. The lowest BCUT2D eigenvalue weighted by Gasteiger charge is -2.37. The third kappa shape index (κ3) is 6.15. The van der Waals surface area contributed by atoms with Gasteiger partial charge in [0.1, 0.15) is 18.2 Å². The van der Waals surface area contributed by atoms with Gasteiger partial charge in [-0.2, -0.15) is 5.26 Å². The summed E-state index contributed by atoms with van der Waals surface area (Å²) >= 11 is 0. The lowest BCUT2D eigenvalue weighted by molar-refractivity contribution is -0.190. The lowest BCUT2D eigenvalue weighted by atomic mass is 9.82. The number of nitrogens with zero attached hydrogens (tertiary/aromatic N) is 3. The predicted octanol–water partition coefficient (Wildman–Crippen LogP) is -1.39. The summed E-state index contributed by atoms with van der Waals surface area (Å²) in [4.78, 5) is 73.4. The highest BCUT2D eigenvalue weighted by molar-refractivity contribution is 5.69. The molecule has 0 saturated heterocycles. The Morgan fingerprint density at radius 3 is 2.03 bits per heavy atom. The van der Waals surface area contributed by atoms with Crippen molar-refractivity contribution in [3.05, 3.63) is 37.9 Å².